The van der Waals surface area contributed by atoms with Gasteiger partial charge in [-0.3, -0.25) is 4.98 Å². The van der Waals surface area contributed by atoms with Crippen LogP contribution in [0, 0.1) is 5.41 Å². The molecule has 1 heterocycles. The molecule has 2 unspecified atom stereocenters. The highest BCUT2D eigenvalue weighted by Gasteiger charge is 2.48. The van der Waals surface area contributed by atoms with Crippen molar-refractivity contribution in [3.05, 3.63) is 30.1 Å². The molecule has 1 N–H and O–H groups in total. The summed E-state index contributed by atoms with van der Waals surface area (Å²) in [6.45, 7) is 7.90. The van der Waals surface area contributed by atoms with Gasteiger partial charge in [0, 0.05) is 23.9 Å². The van der Waals surface area contributed by atoms with E-state index in [1.165, 1.54) is 12.1 Å². The molecule has 1 aliphatic rings. The van der Waals surface area contributed by atoms with Gasteiger partial charge in [0.1, 0.15) is 0 Å². The summed E-state index contributed by atoms with van der Waals surface area (Å²) >= 11 is 0. The first-order valence-electron chi connectivity index (χ1n) is 5.80. The molecule has 0 amide bonds. The Kier molecular flexibility index (Phi) is 2.79. The number of hydrogen-bond donors (Lipinski definition) is 1. The molecule has 82 valence electrons. The van der Waals surface area contributed by atoms with E-state index >= 15 is 0 Å². The van der Waals surface area contributed by atoms with Crippen molar-refractivity contribution in [3.63, 3.8) is 0 Å². The fourth-order valence-electron chi connectivity index (χ4n) is 2.60. The molecule has 0 aliphatic heterocycles. The standard InChI is InChI=1S/C13H20N2/c1-4-14-12-9-10(13(12,2)3)11-7-5-6-8-15-11/h5-8,10,12,14H,4,9H2,1-3H3. The lowest BCUT2D eigenvalue weighted by Gasteiger charge is -2.52. The van der Waals surface area contributed by atoms with E-state index in [1.54, 1.807) is 0 Å². The van der Waals surface area contributed by atoms with Crippen LogP contribution in [0.3, 0.4) is 0 Å². The predicted octanol–water partition coefficient (Wildman–Crippen LogP) is 2.57. The summed E-state index contributed by atoms with van der Waals surface area (Å²) < 4.78 is 0. The van der Waals surface area contributed by atoms with Crippen molar-refractivity contribution in [1.29, 1.82) is 0 Å². The SMILES string of the molecule is CCNC1CC(c2ccccn2)C1(C)C. The minimum Gasteiger partial charge on any atom is -0.314 e. The summed E-state index contributed by atoms with van der Waals surface area (Å²) in [7, 11) is 0. The number of nitrogens with one attached hydrogen (secondary N) is 1. The van der Waals surface area contributed by atoms with Gasteiger partial charge >= 0.3 is 0 Å². The molecular weight excluding hydrogens is 184 g/mol. The van der Waals surface area contributed by atoms with Crippen molar-refractivity contribution in [3.8, 4) is 0 Å². The third-order valence-electron chi connectivity index (χ3n) is 3.76. The van der Waals surface area contributed by atoms with Gasteiger partial charge in [-0.15, -0.1) is 0 Å². The van der Waals surface area contributed by atoms with Gasteiger partial charge < -0.3 is 5.32 Å². The van der Waals surface area contributed by atoms with Crippen molar-refractivity contribution < 1.29 is 0 Å². The second-order valence-electron chi connectivity index (χ2n) is 4.97. The molecule has 0 bridgehead atoms. The minimum absolute atomic E-state index is 0.338. The maximum atomic E-state index is 4.46. The highest BCUT2D eigenvalue weighted by Crippen LogP contribution is 2.51. The van der Waals surface area contributed by atoms with Crippen molar-refractivity contribution in [1.82, 2.24) is 10.3 Å². The van der Waals surface area contributed by atoms with Crippen LogP contribution in [0.4, 0.5) is 0 Å². The Labute approximate surface area is 92.1 Å². The first-order valence-corrected chi connectivity index (χ1v) is 5.80. The second kappa shape index (κ2) is 3.93. The Balaban J connectivity index is 2.09. The topological polar surface area (TPSA) is 24.9 Å². The molecule has 1 fully saturated rings. The fourth-order valence-corrected chi connectivity index (χ4v) is 2.60. The van der Waals surface area contributed by atoms with Gasteiger partial charge in [0.05, 0.1) is 0 Å². The molecule has 0 saturated heterocycles. The Bertz CT molecular complexity index is 319. The average Bonchev–Trinajstić information content (AvgIpc) is 2.25. The molecule has 1 aromatic rings. The van der Waals surface area contributed by atoms with Crippen molar-refractivity contribution in [2.75, 3.05) is 6.54 Å². The summed E-state index contributed by atoms with van der Waals surface area (Å²) in [5.74, 6) is 0.614. The Morgan fingerprint density at radius 3 is 2.80 bits per heavy atom. The fraction of sp³-hybridized carbons (Fsp3) is 0.615. The van der Waals surface area contributed by atoms with E-state index in [2.05, 4.69) is 43.2 Å². The van der Waals surface area contributed by atoms with Gasteiger partial charge in [0.25, 0.3) is 0 Å². The zero-order valence-corrected chi connectivity index (χ0v) is 9.83. The molecule has 2 nitrogen and oxygen atoms in total. The molecule has 0 aromatic carbocycles. The molecule has 1 aliphatic carbocycles. The van der Waals surface area contributed by atoms with Crippen LogP contribution in [0.2, 0.25) is 0 Å². The third kappa shape index (κ3) is 1.78. The van der Waals surface area contributed by atoms with E-state index < -0.39 is 0 Å². The normalized spacial score (nSPS) is 28.5. The van der Waals surface area contributed by atoms with Gasteiger partial charge in [-0.05, 0) is 30.5 Å². The van der Waals surface area contributed by atoms with E-state index in [1.807, 2.05) is 12.3 Å². The van der Waals surface area contributed by atoms with E-state index in [-0.39, 0.29) is 0 Å². The summed E-state index contributed by atoms with van der Waals surface area (Å²) in [4.78, 5) is 4.46. The van der Waals surface area contributed by atoms with Crippen LogP contribution >= 0.6 is 0 Å². The smallest absolute Gasteiger partial charge is 0.0441 e. The van der Waals surface area contributed by atoms with Crippen molar-refractivity contribution >= 4 is 0 Å². The Hall–Kier alpha value is -0.890. The van der Waals surface area contributed by atoms with E-state index in [9.17, 15) is 0 Å². The maximum absolute atomic E-state index is 4.46. The van der Waals surface area contributed by atoms with Gasteiger partial charge in [0.2, 0.25) is 0 Å². The first-order chi connectivity index (χ1) is 7.16. The van der Waals surface area contributed by atoms with Crippen LogP contribution in [0.5, 0.6) is 0 Å². The molecule has 2 rings (SSSR count). The highest BCUT2D eigenvalue weighted by molar-refractivity contribution is 5.20. The lowest BCUT2D eigenvalue weighted by Crippen LogP contribution is -2.55. The summed E-state index contributed by atoms with van der Waals surface area (Å²) in [6, 6.07) is 6.86. The quantitative estimate of drug-likeness (QED) is 0.818. The molecule has 1 saturated carbocycles. The zero-order chi connectivity index (χ0) is 10.9. The number of aromatic nitrogens is 1. The second-order valence-corrected chi connectivity index (χ2v) is 4.97. The highest BCUT2D eigenvalue weighted by atomic mass is 15.0. The summed E-state index contributed by atoms with van der Waals surface area (Å²) in [5.41, 5.74) is 1.58. The minimum atomic E-state index is 0.338. The van der Waals surface area contributed by atoms with E-state index in [4.69, 9.17) is 0 Å². The number of rotatable bonds is 3. The number of pyridine rings is 1. The average molecular weight is 204 g/mol. The van der Waals surface area contributed by atoms with Gasteiger partial charge in [-0.25, -0.2) is 0 Å². The van der Waals surface area contributed by atoms with Crippen LogP contribution in [-0.2, 0) is 0 Å². The van der Waals surface area contributed by atoms with Gasteiger partial charge in [-0.2, -0.15) is 0 Å². The van der Waals surface area contributed by atoms with Crippen LogP contribution < -0.4 is 5.32 Å². The van der Waals surface area contributed by atoms with Gasteiger partial charge in [-0.1, -0.05) is 26.8 Å². The molecule has 1 aromatic heterocycles. The lowest BCUT2D eigenvalue weighted by molar-refractivity contribution is 0.0680. The number of hydrogen-bond acceptors (Lipinski definition) is 2. The molecule has 2 heteroatoms. The van der Waals surface area contributed by atoms with Crippen LogP contribution in [0.1, 0.15) is 38.8 Å². The van der Waals surface area contributed by atoms with Gasteiger partial charge in [0.15, 0.2) is 0 Å². The van der Waals surface area contributed by atoms with Crippen LogP contribution in [0.25, 0.3) is 0 Å². The van der Waals surface area contributed by atoms with E-state index in [0.717, 1.165) is 6.54 Å². The predicted molar refractivity (Wildman–Crippen MR) is 62.8 cm³/mol. The number of nitrogens with zero attached hydrogens (tertiary/aromatic N) is 1. The molecule has 0 spiro atoms. The van der Waals surface area contributed by atoms with Crippen molar-refractivity contribution in [2.45, 2.75) is 39.2 Å². The largest absolute Gasteiger partial charge is 0.314 e. The Morgan fingerprint density at radius 1 is 1.47 bits per heavy atom. The summed E-state index contributed by atoms with van der Waals surface area (Å²) in [5, 5.41) is 3.54. The van der Waals surface area contributed by atoms with Crippen LogP contribution in [0.15, 0.2) is 24.4 Å². The van der Waals surface area contributed by atoms with Crippen molar-refractivity contribution in [2.24, 2.45) is 5.41 Å². The first kappa shape index (κ1) is 10.6. The molecular formula is C13H20N2. The zero-order valence-electron chi connectivity index (χ0n) is 9.83. The lowest BCUT2D eigenvalue weighted by atomic mass is 9.57. The molecule has 0 radical (unpaired) electrons. The summed E-state index contributed by atoms with van der Waals surface area (Å²) in [6.07, 6.45) is 3.11. The molecule has 2 atom stereocenters. The molecule has 15 heavy (non-hydrogen) atoms. The van der Waals surface area contributed by atoms with Crippen LogP contribution in [-0.4, -0.2) is 17.6 Å². The maximum Gasteiger partial charge on any atom is 0.0441 e. The monoisotopic (exact) mass is 204 g/mol. The Morgan fingerprint density at radius 2 is 2.27 bits per heavy atom. The van der Waals surface area contributed by atoms with E-state index in [0.29, 0.717) is 17.4 Å². The third-order valence-corrected chi connectivity index (χ3v) is 3.76.